The lowest BCUT2D eigenvalue weighted by Crippen LogP contribution is -2.42. The molecule has 21 heavy (non-hydrogen) atoms. The van der Waals surface area contributed by atoms with Gasteiger partial charge in [-0.1, -0.05) is 12.1 Å². The first kappa shape index (κ1) is 14.3. The summed E-state index contributed by atoms with van der Waals surface area (Å²) in [5, 5.41) is 14.4. The third-order valence-corrected chi connectivity index (χ3v) is 4.63. The Morgan fingerprint density at radius 1 is 1.19 bits per heavy atom. The highest BCUT2D eigenvalue weighted by atomic mass is 32.1. The fourth-order valence-corrected chi connectivity index (χ4v) is 3.44. The van der Waals surface area contributed by atoms with Crippen LogP contribution in [0.3, 0.4) is 0 Å². The molecule has 0 bridgehead atoms. The van der Waals surface area contributed by atoms with E-state index < -0.39 is 5.97 Å². The molecule has 1 aliphatic rings. The van der Waals surface area contributed by atoms with Gasteiger partial charge in [0.2, 0.25) is 0 Å². The van der Waals surface area contributed by atoms with Crippen molar-refractivity contribution < 1.29 is 9.90 Å². The van der Waals surface area contributed by atoms with Gasteiger partial charge in [-0.05, 0) is 34.7 Å². The highest BCUT2D eigenvalue weighted by molar-refractivity contribution is 7.10. The Morgan fingerprint density at radius 2 is 1.90 bits per heavy atom. The van der Waals surface area contributed by atoms with Crippen LogP contribution >= 0.6 is 11.3 Å². The number of hydrogen-bond acceptors (Lipinski definition) is 4. The molecule has 1 fully saturated rings. The number of carboxylic acid groups (broad SMARTS) is 1. The van der Waals surface area contributed by atoms with Crippen molar-refractivity contribution in [3.63, 3.8) is 0 Å². The minimum Gasteiger partial charge on any atom is -0.478 e. The van der Waals surface area contributed by atoms with Crippen LogP contribution in [0.15, 0.2) is 35.7 Å². The summed E-state index contributed by atoms with van der Waals surface area (Å²) in [5.41, 5.74) is 2.57. The minimum atomic E-state index is -0.883. The van der Waals surface area contributed by atoms with Gasteiger partial charge in [-0.15, -0.1) is 11.3 Å². The van der Waals surface area contributed by atoms with Gasteiger partial charge in [0, 0.05) is 37.6 Å². The quantitative estimate of drug-likeness (QED) is 0.911. The van der Waals surface area contributed by atoms with Gasteiger partial charge in [-0.25, -0.2) is 4.79 Å². The summed E-state index contributed by atoms with van der Waals surface area (Å²) in [4.78, 5) is 14.7. The molecule has 5 heteroatoms. The Bertz CT molecular complexity index is 615. The second-order valence-electron chi connectivity index (χ2n) is 5.21. The van der Waals surface area contributed by atoms with Gasteiger partial charge in [0.05, 0.1) is 5.56 Å². The summed E-state index contributed by atoms with van der Waals surface area (Å²) in [6, 6.07) is 9.28. The standard InChI is InChI=1S/C16H18N2O2S/c19-16(20)13-3-1-12(2-4-13)14-9-15(21-11-14)10-18-7-5-17-6-8-18/h1-4,9,11,17H,5-8,10H2,(H,19,20). The summed E-state index contributed by atoms with van der Waals surface area (Å²) in [6.07, 6.45) is 0. The Kier molecular flexibility index (Phi) is 4.34. The third kappa shape index (κ3) is 3.50. The molecular formula is C16H18N2O2S. The molecule has 2 aromatic rings. The van der Waals surface area contributed by atoms with Crippen LogP contribution in [0.4, 0.5) is 0 Å². The molecule has 2 N–H and O–H groups in total. The molecule has 1 saturated heterocycles. The van der Waals surface area contributed by atoms with Gasteiger partial charge in [0.1, 0.15) is 0 Å². The Balaban J connectivity index is 1.70. The molecule has 1 aromatic carbocycles. The highest BCUT2D eigenvalue weighted by Gasteiger charge is 2.11. The molecule has 3 rings (SSSR count). The number of rotatable bonds is 4. The van der Waals surface area contributed by atoms with E-state index in [0.29, 0.717) is 5.56 Å². The van der Waals surface area contributed by atoms with Gasteiger partial charge in [0.15, 0.2) is 0 Å². The minimum absolute atomic E-state index is 0.329. The highest BCUT2D eigenvalue weighted by Crippen LogP contribution is 2.27. The molecule has 1 aromatic heterocycles. The first-order chi connectivity index (χ1) is 10.2. The predicted molar refractivity (Wildman–Crippen MR) is 84.9 cm³/mol. The average Bonchev–Trinajstić information content (AvgIpc) is 2.97. The van der Waals surface area contributed by atoms with Gasteiger partial charge in [-0.2, -0.15) is 0 Å². The zero-order valence-corrected chi connectivity index (χ0v) is 12.5. The normalized spacial score (nSPS) is 16.0. The van der Waals surface area contributed by atoms with Crippen LogP contribution in [0.5, 0.6) is 0 Å². The van der Waals surface area contributed by atoms with Crippen LogP contribution in [0, 0.1) is 0 Å². The number of thiophene rings is 1. The lowest BCUT2D eigenvalue weighted by Gasteiger charge is -2.26. The number of nitrogens with one attached hydrogen (secondary N) is 1. The molecular weight excluding hydrogens is 284 g/mol. The maximum Gasteiger partial charge on any atom is 0.335 e. The fourth-order valence-electron chi connectivity index (χ4n) is 2.51. The first-order valence-corrected chi connectivity index (χ1v) is 7.94. The Hall–Kier alpha value is -1.69. The summed E-state index contributed by atoms with van der Waals surface area (Å²) in [6.45, 7) is 5.32. The summed E-state index contributed by atoms with van der Waals surface area (Å²) in [5.74, 6) is -0.883. The van der Waals surface area contributed by atoms with Crippen molar-refractivity contribution in [1.82, 2.24) is 10.2 Å². The molecule has 110 valence electrons. The van der Waals surface area contributed by atoms with Gasteiger partial charge in [0.25, 0.3) is 0 Å². The molecule has 0 spiro atoms. The lowest BCUT2D eigenvalue weighted by atomic mass is 10.1. The molecule has 1 aliphatic heterocycles. The van der Waals surface area contributed by atoms with E-state index in [-0.39, 0.29) is 0 Å². The third-order valence-electron chi connectivity index (χ3n) is 3.71. The molecule has 0 radical (unpaired) electrons. The molecule has 0 unspecified atom stereocenters. The monoisotopic (exact) mass is 302 g/mol. The zero-order valence-electron chi connectivity index (χ0n) is 11.7. The average molecular weight is 302 g/mol. The van der Waals surface area contributed by atoms with Crippen LogP contribution < -0.4 is 5.32 Å². The van der Waals surface area contributed by atoms with E-state index in [1.54, 1.807) is 23.5 Å². The molecule has 2 heterocycles. The van der Waals surface area contributed by atoms with E-state index in [4.69, 9.17) is 5.11 Å². The summed E-state index contributed by atoms with van der Waals surface area (Å²) in [7, 11) is 0. The van der Waals surface area contributed by atoms with Gasteiger partial charge in [-0.3, -0.25) is 4.90 Å². The zero-order chi connectivity index (χ0) is 14.7. The van der Waals surface area contributed by atoms with Crippen LogP contribution in [-0.4, -0.2) is 42.2 Å². The number of nitrogens with zero attached hydrogens (tertiary/aromatic N) is 1. The number of piperazine rings is 1. The molecule has 0 amide bonds. The SMILES string of the molecule is O=C(O)c1ccc(-c2csc(CN3CCNCC3)c2)cc1. The smallest absolute Gasteiger partial charge is 0.335 e. The van der Waals surface area contributed by atoms with E-state index in [1.807, 2.05) is 12.1 Å². The predicted octanol–water partition coefficient (Wildman–Crippen LogP) is 2.52. The van der Waals surface area contributed by atoms with E-state index >= 15 is 0 Å². The van der Waals surface area contributed by atoms with Crippen molar-refractivity contribution >= 4 is 17.3 Å². The van der Waals surface area contributed by atoms with Crippen LogP contribution in [0.2, 0.25) is 0 Å². The first-order valence-electron chi connectivity index (χ1n) is 7.06. The second kappa shape index (κ2) is 6.39. The van der Waals surface area contributed by atoms with Crippen molar-refractivity contribution in [2.75, 3.05) is 26.2 Å². The van der Waals surface area contributed by atoms with Crippen molar-refractivity contribution in [3.8, 4) is 11.1 Å². The van der Waals surface area contributed by atoms with E-state index in [2.05, 4.69) is 21.7 Å². The van der Waals surface area contributed by atoms with Gasteiger partial charge < -0.3 is 10.4 Å². The van der Waals surface area contributed by atoms with Crippen molar-refractivity contribution in [2.45, 2.75) is 6.54 Å². The lowest BCUT2D eigenvalue weighted by molar-refractivity contribution is 0.0697. The van der Waals surface area contributed by atoms with Crippen molar-refractivity contribution in [3.05, 3.63) is 46.2 Å². The number of benzene rings is 1. The molecule has 4 nitrogen and oxygen atoms in total. The number of carboxylic acids is 1. The maximum absolute atomic E-state index is 10.9. The van der Waals surface area contributed by atoms with E-state index in [1.165, 1.54) is 10.4 Å². The Labute approximate surface area is 128 Å². The maximum atomic E-state index is 10.9. The van der Waals surface area contributed by atoms with Crippen LogP contribution in [0.1, 0.15) is 15.2 Å². The number of hydrogen-bond donors (Lipinski definition) is 2. The molecule has 0 saturated carbocycles. The molecule has 0 aliphatic carbocycles. The van der Waals surface area contributed by atoms with Crippen LogP contribution in [-0.2, 0) is 6.54 Å². The topological polar surface area (TPSA) is 52.6 Å². The van der Waals surface area contributed by atoms with Crippen molar-refractivity contribution in [1.29, 1.82) is 0 Å². The summed E-state index contributed by atoms with van der Waals surface area (Å²) < 4.78 is 0. The molecule has 0 atom stereocenters. The Morgan fingerprint density at radius 3 is 2.57 bits per heavy atom. The largest absolute Gasteiger partial charge is 0.478 e. The van der Waals surface area contributed by atoms with Crippen LogP contribution in [0.25, 0.3) is 11.1 Å². The fraction of sp³-hybridized carbons (Fsp3) is 0.312. The van der Waals surface area contributed by atoms with E-state index in [9.17, 15) is 4.79 Å². The van der Waals surface area contributed by atoms with Crippen molar-refractivity contribution in [2.24, 2.45) is 0 Å². The van der Waals surface area contributed by atoms with Gasteiger partial charge >= 0.3 is 5.97 Å². The second-order valence-corrected chi connectivity index (χ2v) is 6.21. The van der Waals surface area contributed by atoms with E-state index in [0.717, 1.165) is 38.3 Å². The number of aromatic carboxylic acids is 1. The summed E-state index contributed by atoms with van der Waals surface area (Å²) >= 11 is 1.77. The number of carbonyl (C=O) groups is 1.